The number of Topliss-reactive ketones (excluding diaryl/α,β-unsaturated/α-hetero) is 1. The molecule has 1 rings (SSSR count). The molecule has 0 saturated carbocycles. The minimum absolute atomic E-state index is 0.0299. The van der Waals surface area contributed by atoms with E-state index in [0.29, 0.717) is 12.1 Å². The average Bonchev–Trinajstić information content (AvgIpc) is 2.45. The number of unbranched alkanes of at least 4 members (excludes halogenated alkanes) is 3. The molecule has 4 heteroatoms. The fourth-order valence-electron chi connectivity index (χ4n) is 1.78. The lowest BCUT2D eigenvalue weighted by molar-refractivity contribution is 0.101. The normalized spacial score (nSPS) is 10.1. The number of ketones is 1. The molecular formula is C16H23NO3. The van der Waals surface area contributed by atoms with Gasteiger partial charge < -0.3 is 10.1 Å². The molecule has 0 atom stereocenters. The van der Waals surface area contributed by atoms with Crippen molar-refractivity contribution in [1.82, 2.24) is 5.32 Å². The predicted molar refractivity (Wildman–Crippen MR) is 78.8 cm³/mol. The van der Waals surface area contributed by atoms with E-state index in [-0.39, 0.29) is 12.4 Å². The molecule has 0 aliphatic rings. The number of alkyl carbamates (subject to hydrolysis) is 1. The fraction of sp³-hybridized carbons (Fsp3) is 0.500. The summed E-state index contributed by atoms with van der Waals surface area (Å²) in [6.45, 7) is 4.55. The Kier molecular flexibility index (Phi) is 7.40. The number of carbonyl (C=O) groups is 2. The third-order valence-corrected chi connectivity index (χ3v) is 3.03. The number of hydrogen-bond donors (Lipinski definition) is 1. The van der Waals surface area contributed by atoms with Crippen LogP contribution in [0, 0.1) is 0 Å². The summed E-state index contributed by atoms with van der Waals surface area (Å²) < 4.78 is 5.10. The molecule has 0 aliphatic heterocycles. The third-order valence-electron chi connectivity index (χ3n) is 3.03. The Morgan fingerprint density at radius 1 is 1.10 bits per heavy atom. The van der Waals surface area contributed by atoms with Crippen LogP contribution in [0.5, 0.6) is 0 Å². The smallest absolute Gasteiger partial charge is 0.407 e. The average molecular weight is 277 g/mol. The SMILES string of the molecule is CCCCCCNC(=O)OCc1ccc(C(C)=O)cc1. The topological polar surface area (TPSA) is 55.4 Å². The molecule has 1 amide bonds. The first-order chi connectivity index (χ1) is 9.63. The summed E-state index contributed by atoms with van der Waals surface area (Å²) in [5.41, 5.74) is 1.53. The molecule has 0 fully saturated rings. The maximum absolute atomic E-state index is 11.4. The van der Waals surface area contributed by atoms with Gasteiger partial charge in [0, 0.05) is 12.1 Å². The van der Waals surface area contributed by atoms with Crippen LogP contribution in [0.15, 0.2) is 24.3 Å². The largest absolute Gasteiger partial charge is 0.445 e. The van der Waals surface area contributed by atoms with E-state index >= 15 is 0 Å². The van der Waals surface area contributed by atoms with Gasteiger partial charge in [-0.05, 0) is 18.9 Å². The minimum Gasteiger partial charge on any atom is -0.445 e. The van der Waals surface area contributed by atoms with E-state index in [9.17, 15) is 9.59 Å². The first-order valence-electron chi connectivity index (χ1n) is 7.14. The first kappa shape index (κ1) is 16.2. The number of amides is 1. The third kappa shape index (κ3) is 6.36. The molecule has 110 valence electrons. The van der Waals surface area contributed by atoms with Crippen LogP contribution in [0.1, 0.15) is 55.5 Å². The fourth-order valence-corrected chi connectivity index (χ4v) is 1.78. The maximum Gasteiger partial charge on any atom is 0.407 e. The molecular weight excluding hydrogens is 254 g/mol. The number of ether oxygens (including phenoxy) is 1. The second-order valence-electron chi connectivity index (χ2n) is 4.82. The van der Waals surface area contributed by atoms with Gasteiger partial charge in [0.15, 0.2) is 5.78 Å². The Bertz CT molecular complexity index is 426. The van der Waals surface area contributed by atoms with Crippen LogP contribution in [0.25, 0.3) is 0 Å². The Hall–Kier alpha value is -1.84. The molecule has 0 radical (unpaired) electrons. The zero-order chi connectivity index (χ0) is 14.8. The number of benzene rings is 1. The van der Waals surface area contributed by atoms with Gasteiger partial charge in [0.25, 0.3) is 0 Å². The highest BCUT2D eigenvalue weighted by molar-refractivity contribution is 5.94. The molecule has 0 aromatic heterocycles. The molecule has 1 aromatic carbocycles. The molecule has 0 heterocycles. The van der Waals surface area contributed by atoms with Gasteiger partial charge in [-0.15, -0.1) is 0 Å². The summed E-state index contributed by atoms with van der Waals surface area (Å²) >= 11 is 0. The molecule has 0 spiro atoms. The van der Waals surface area contributed by atoms with E-state index in [0.717, 1.165) is 18.4 Å². The number of nitrogens with one attached hydrogen (secondary N) is 1. The van der Waals surface area contributed by atoms with Crippen molar-refractivity contribution in [1.29, 1.82) is 0 Å². The van der Waals surface area contributed by atoms with Crippen molar-refractivity contribution >= 4 is 11.9 Å². The minimum atomic E-state index is -0.392. The highest BCUT2D eigenvalue weighted by Gasteiger charge is 2.03. The monoisotopic (exact) mass is 277 g/mol. The Morgan fingerprint density at radius 2 is 1.80 bits per heavy atom. The molecule has 4 nitrogen and oxygen atoms in total. The van der Waals surface area contributed by atoms with Crippen LogP contribution in [-0.2, 0) is 11.3 Å². The van der Waals surface area contributed by atoms with Crippen LogP contribution in [0.2, 0.25) is 0 Å². The zero-order valence-electron chi connectivity index (χ0n) is 12.3. The molecule has 0 bridgehead atoms. The highest BCUT2D eigenvalue weighted by atomic mass is 16.5. The van der Waals surface area contributed by atoms with E-state index in [1.807, 2.05) is 0 Å². The van der Waals surface area contributed by atoms with E-state index in [4.69, 9.17) is 4.74 Å². The standard InChI is InChI=1S/C16H23NO3/c1-3-4-5-6-11-17-16(19)20-12-14-7-9-15(10-8-14)13(2)18/h7-10H,3-6,11-12H2,1-2H3,(H,17,19). The van der Waals surface area contributed by atoms with Gasteiger partial charge in [-0.3, -0.25) is 4.79 Å². The number of rotatable bonds is 8. The van der Waals surface area contributed by atoms with Gasteiger partial charge in [0.05, 0.1) is 0 Å². The molecule has 0 saturated heterocycles. The van der Waals surface area contributed by atoms with Gasteiger partial charge in [-0.25, -0.2) is 4.79 Å². The van der Waals surface area contributed by atoms with Crippen molar-refractivity contribution in [3.63, 3.8) is 0 Å². The number of carbonyl (C=O) groups excluding carboxylic acids is 2. The Balaban J connectivity index is 2.22. The molecule has 20 heavy (non-hydrogen) atoms. The lowest BCUT2D eigenvalue weighted by Crippen LogP contribution is -2.25. The van der Waals surface area contributed by atoms with Crippen molar-refractivity contribution in [2.45, 2.75) is 46.1 Å². The first-order valence-corrected chi connectivity index (χ1v) is 7.14. The van der Waals surface area contributed by atoms with Gasteiger partial charge in [0.1, 0.15) is 6.61 Å². The molecule has 1 N–H and O–H groups in total. The van der Waals surface area contributed by atoms with Gasteiger partial charge >= 0.3 is 6.09 Å². The van der Waals surface area contributed by atoms with Gasteiger partial charge in [0.2, 0.25) is 0 Å². The lowest BCUT2D eigenvalue weighted by Gasteiger charge is -2.07. The number of hydrogen-bond acceptors (Lipinski definition) is 3. The Labute approximate surface area is 120 Å². The summed E-state index contributed by atoms with van der Waals surface area (Å²) in [5.74, 6) is 0.0299. The summed E-state index contributed by atoms with van der Waals surface area (Å²) in [6, 6.07) is 7.07. The van der Waals surface area contributed by atoms with Crippen molar-refractivity contribution in [2.24, 2.45) is 0 Å². The van der Waals surface area contributed by atoms with Crippen molar-refractivity contribution in [3.05, 3.63) is 35.4 Å². The second kappa shape index (κ2) is 9.13. The van der Waals surface area contributed by atoms with Crippen LogP contribution < -0.4 is 5.32 Å². The van der Waals surface area contributed by atoms with Crippen molar-refractivity contribution in [2.75, 3.05) is 6.54 Å². The van der Waals surface area contributed by atoms with Crippen LogP contribution in [-0.4, -0.2) is 18.4 Å². The van der Waals surface area contributed by atoms with Crippen LogP contribution in [0.4, 0.5) is 4.79 Å². The summed E-state index contributed by atoms with van der Waals surface area (Å²) in [5, 5.41) is 2.73. The molecule has 1 aromatic rings. The summed E-state index contributed by atoms with van der Waals surface area (Å²) in [7, 11) is 0. The van der Waals surface area contributed by atoms with Crippen LogP contribution >= 0.6 is 0 Å². The summed E-state index contributed by atoms with van der Waals surface area (Å²) in [6.07, 6.45) is 4.09. The lowest BCUT2D eigenvalue weighted by atomic mass is 10.1. The van der Waals surface area contributed by atoms with Gasteiger partial charge in [-0.1, -0.05) is 50.5 Å². The zero-order valence-corrected chi connectivity index (χ0v) is 12.3. The van der Waals surface area contributed by atoms with Gasteiger partial charge in [-0.2, -0.15) is 0 Å². The highest BCUT2D eigenvalue weighted by Crippen LogP contribution is 2.06. The van der Waals surface area contributed by atoms with Crippen LogP contribution in [0.3, 0.4) is 0 Å². The second-order valence-corrected chi connectivity index (χ2v) is 4.82. The maximum atomic E-state index is 11.4. The summed E-state index contributed by atoms with van der Waals surface area (Å²) in [4.78, 5) is 22.6. The van der Waals surface area contributed by atoms with Crippen molar-refractivity contribution < 1.29 is 14.3 Å². The van der Waals surface area contributed by atoms with Crippen molar-refractivity contribution in [3.8, 4) is 0 Å². The van der Waals surface area contributed by atoms with E-state index in [1.165, 1.54) is 19.8 Å². The molecule has 0 unspecified atom stereocenters. The van der Waals surface area contributed by atoms with E-state index in [2.05, 4.69) is 12.2 Å². The molecule has 0 aliphatic carbocycles. The van der Waals surface area contributed by atoms with E-state index in [1.54, 1.807) is 24.3 Å². The Morgan fingerprint density at radius 3 is 2.40 bits per heavy atom. The quantitative estimate of drug-likeness (QED) is 0.582. The van der Waals surface area contributed by atoms with E-state index < -0.39 is 6.09 Å². The predicted octanol–water partition coefficient (Wildman–Crippen LogP) is 3.70.